The van der Waals surface area contributed by atoms with Gasteiger partial charge in [0.05, 0.1) is 19.2 Å². The van der Waals surface area contributed by atoms with Crippen LogP contribution in [0.25, 0.3) is 11.3 Å². The summed E-state index contributed by atoms with van der Waals surface area (Å²) in [6.45, 7) is 0.118. The molecule has 0 aliphatic rings. The summed E-state index contributed by atoms with van der Waals surface area (Å²) in [4.78, 5) is 0. The average Bonchev–Trinajstić information content (AvgIpc) is 2.93. The van der Waals surface area contributed by atoms with Gasteiger partial charge in [0.15, 0.2) is 11.5 Å². The first-order chi connectivity index (χ1) is 9.71. The molecular weight excluding hydrogens is 282 g/mol. The van der Waals surface area contributed by atoms with E-state index in [0.29, 0.717) is 46.4 Å². The van der Waals surface area contributed by atoms with Crippen molar-refractivity contribution in [1.82, 2.24) is 5.16 Å². The number of nitrogens with zero attached hydrogens (tertiary/aromatic N) is 1. The molecule has 0 aliphatic carbocycles. The van der Waals surface area contributed by atoms with E-state index in [0.717, 1.165) is 0 Å². The number of halogens is 1. The van der Waals surface area contributed by atoms with Gasteiger partial charge in [0, 0.05) is 24.7 Å². The zero-order valence-electron chi connectivity index (χ0n) is 11.4. The number of methoxy groups -OCH3 is 2. The van der Waals surface area contributed by atoms with Gasteiger partial charge in [-0.25, -0.2) is 0 Å². The van der Waals surface area contributed by atoms with E-state index in [1.807, 2.05) is 6.07 Å². The number of aliphatic hydroxyl groups excluding tert-OH is 1. The van der Waals surface area contributed by atoms with Crippen LogP contribution in [0.2, 0.25) is 5.02 Å². The first-order valence-electron chi connectivity index (χ1n) is 6.18. The molecule has 1 aromatic carbocycles. The molecule has 20 heavy (non-hydrogen) atoms. The lowest BCUT2D eigenvalue weighted by Gasteiger charge is -2.11. The molecule has 0 fully saturated rings. The Hall–Kier alpha value is -1.72. The molecular formula is C14H16ClNO4. The highest BCUT2D eigenvalue weighted by Crippen LogP contribution is 2.41. The summed E-state index contributed by atoms with van der Waals surface area (Å²) in [5, 5.41) is 13.2. The number of aliphatic hydroxyl groups is 1. The van der Waals surface area contributed by atoms with Crippen LogP contribution in [0.3, 0.4) is 0 Å². The van der Waals surface area contributed by atoms with Gasteiger partial charge < -0.3 is 19.1 Å². The van der Waals surface area contributed by atoms with Crippen molar-refractivity contribution in [1.29, 1.82) is 0 Å². The standard InChI is InChI=1S/C14H16ClNO4/c1-18-12-6-5-10(13(15)14(12)19-2)11-8-9(20-16-11)4-3-7-17/h5-6,8,17H,3-4,7H2,1-2H3. The molecule has 0 saturated carbocycles. The largest absolute Gasteiger partial charge is 0.493 e. The van der Waals surface area contributed by atoms with Crippen LogP contribution in [0.1, 0.15) is 12.2 Å². The van der Waals surface area contributed by atoms with Crippen molar-refractivity contribution < 1.29 is 19.1 Å². The molecule has 1 aromatic heterocycles. The lowest BCUT2D eigenvalue weighted by Crippen LogP contribution is -1.93. The van der Waals surface area contributed by atoms with E-state index in [9.17, 15) is 0 Å². The lowest BCUT2D eigenvalue weighted by molar-refractivity contribution is 0.280. The fourth-order valence-corrected chi connectivity index (χ4v) is 2.23. The Bertz CT molecular complexity index is 583. The SMILES string of the molecule is COc1ccc(-c2cc(CCCO)on2)c(Cl)c1OC. The first-order valence-corrected chi connectivity index (χ1v) is 6.56. The van der Waals surface area contributed by atoms with Crippen molar-refractivity contribution in [2.24, 2.45) is 0 Å². The van der Waals surface area contributed by atoms with E-state index in [1.165, 1.54) is 7.11 Å². The van der Waals surface area contributed by atoms with Crippen LogP contribution in [0.5, 0.6) is 11.5 Å². The van der Waals surface area contributed by atoms with E-state index >= 15 is 0 Å². The molecule has 0 aliphatic heterocycles. The number of hydrogen-bond acceptors (Lipinski definition) is 5. The van der Waals surface area contributed by atoms with Crippen LogP contribution in [0, 0.1) is 0 Å². The van der Waals surface area contributed by atoms with Crippen LogP contribution >= 0.6 is 11.6 Å². The average molecular weight is 298 g/mol. The number of aryl methyl sites for hydroxylation is 1. The quantitative estimate of drug-likeness (QED) is 0.888. The normalized spacial score (nSPS) is 10.6. The predicted molar refractivity (Wildman–Crippen MR) is 75.5 cm³/mol. The maximum Gasteiger partial charge on any atom is 0.180 e. The van der Waals surface area contributed by atoms with E-state index < -0.39 is 0 Å². The summed E-state index contributed by atoms with van der Waals surface area (Å²) in [5.74, 6) is 1.73. The highest BCUT2D eigenvalue weighted by Gasteiger charge is 2.17. The van der Waals surface area contributed by atoms with E-state index in [1.54, 1.807) is 19.2 Å². The number of rotatable bonds is 6. The molecule has 0 radical (unpaired) electrons. The third-order valence-corrected chi connectivity index (χ3v) is 3.28. The summed E-state index contributed by atoms with van der Waals surface area (Å²) >= 11 is 6.31. The smallest absolute Gasteiger partial charge is 0.180 e. The Morgan fingerprint density at radius 1 is 1.30 bits per heavy atom. The maximum atomic E-state index is 8.81. The zero-order valence-corrected chi connectivity index (χ0v) is 12.1. The molecule has 0 unspecified atom stereocenters. The molecule has 1 heterocycles. The molecule has 0 spiro atoms. The van der Waals surface area contributed by atoms with E-state index in [-0.39, 0.29) is 6.61 Å². The van der Waals surface area contributed by atoms with E-state index in [4.69, 9.17) is 30.7 Å². The fourth-order valence-electron chi connectivity index (χ4n) is 1.90. The van der Waals surface area contributed by atoms with Gasteiger partial charge in [0.2, 0.25) is 0 Å². The minimum atomic E-state index is 0.118. The predicted octanol–water partition coefficient (Wildman–Crippen LogP) is 2.94. The summed E-state index contributed by atoms with van der Waals surface area (Å²) in [6, 6.07) is 5.38. The highest BCUT2D eigenvalue weighted by atomic mass is 35.5. The van der Waals surface area contributed by atoms with Gasteiger partial charge in [-0.15, -0.1) is 0 Å². The molecule has 5 nitrogen and oxygen atoms in total. The fraction of sp³-hybridized carbons (Fsp3) is 0.357. The van der Waals surface area contributed by atoms with E-state index in [2.05, 4.69) is 5.16 Å². The van der Waals surface area contributed by atoms with Gasteiger partial charge in [-0.05, 0) is 18.6 Å². The Morgan fingerprint density at radius 2 is 2.10 bits per heavy atom. The van der Waals surface area contributed by atoms with Crippen molar-refractivity contribution in [3.63, 3.8) is 0 Å². The van der Waals surface area contributed by atoms with Crippen molar-refractivity contribution in [3.05, 3.63) is 29.0 Å². The van der Waals surface area contributed by atoms with Gasteiger partial charge in [-0.2, -0.15) is 0 Å². The van der Waals surface area contributed by atoms with Crippen LogP contribution in [-0.4, -0.2) is 31.1 Å². The number of ether oxygens (including phenoxy) is 2. The number of benzene rings is 1. The molecule has 0 bridgehead atoms. The monoisotopic (exact) mass is 297 g/mol. The molecule has 0 atom stereocenters. The van der Waals surface area contributed by atoms with Crippen molar-refractivity contribution in [3.8, 4) is 22.8 Å². The van der Waals surface area contributed by atoms with Crippen molar-refractivity contribution in [2.45, 2.75) is 12.8 Å². The minimum Gasteiger partial charge on any atom is -0.493 e. The second kappa shape index (κ2) is 6.63. The summed E-state index contributed by atoms with van der Waals surface area (Å²) < 4.78 is 15.7. The second-order valence-electron chi connectivity index (χ2n) is 4.17. The Morgan fingerprint density at radius 3 is 2.75 bits per heavy atom. The molecule has 6 heteroatoms. The van der Waals surface area contributed by atoms with Crippen LogP contribution in [0.4, 0.5) is 0 Å². The van der Waals surface area contributed by atoms with Gasteiger partial charge in [0.1, 0.15) is 11.5 Å². The molecule has 2 rings (SSSR count). The highest BCUT2D eigenvalue weighted by molar-refractivity contribution is 6.35. The third-order valence-electron chi connectivity index (χ3n) is 2.90. The zero-order chi connectivity index (χ0) is 14.5. The first kappa shape index (κ1) is 14.7. The van der Waals surface area contributed by atoms with Gasteiger partial charge in [-0.3, -0.25) is 0 Å². The topological polar surface area (TPSA) is 64.7 Å². The van der Waals surface area contributed by atoms with Gasteiger partial charge >= 0.3 is 0 Å². The summed E-state index contributed by atoms with van der Waals surface area (Å²) in [7, 11) is 3.08. The molecule has 1 N–H and O–H groups in total. The molecule has 0 saturated heterocycles. The molecule has 0 amide bonds. The van der Waals surface area contributed by atoms with Crippen LogP contribution in [-0.2, 0) is 6.42 Å². The summed E-state index contributed by atoms with van der Waals surface area (Å²) in [6.07, 6.45) is 1.27. The molecule has 2 aromatic rings. The Labute approximate surface area is 122 Å². The van der Waals surface area contributed by atoms with Gasteiger partial charge in [-0.1, -0.05) is 16.8 Å². The minimum absolute atomic E-state index is 0.118. The lowest BCUT2D eigenvalue weighted by atomic mass is 10.1. The second-order valence-corrected chi connectivity index (χ2v) is 4.55. The Kier molecular flexibility index (Phi) is 4.87. The number of aromatic nitrogens is 1. The van der Waals surface area contributed by atoms with Crippen molar-refractivity contribution >= 4 is 11.6 Å². The van der Waals surface area contributed by atoms with Crippen LogP contribution < -0.4 is 9.47 Å². The third kappa shape index (κ3) is 2.89. The number of hydrogen-bond donors (Lipinski definition) is 1. The molecule has 108 valence electrons. The maximum absolute atomic E-state index is 8.81. The summed E-state index contributed by atoms with van der Waals surface area (Å²) in [5.41, 5.74) is 1.34. The van der Waals surface area contributed by atoms with Crippen LogP contribution in [0.15, 0.2) is 22.7 Å². The van der Waals surface area contributed by atoms with Gasteiger partial charge in [0.25, 0.3) is 0 Å². The Balaban J connectivity index is 2.35. The van der Waals surface area contributed by atoms with Crippen molar-refractivity contribution in [2.75, 3.05) is 20.8 Å².